The number of ether oxygens (including phenoxy) is 1. The summed E-state index contributed by atoms with van der Waals surface area (Å²) in [5, 5.41) is 0. The lowest BCUT2D eigenvalue weighted by Gasteiger charge is -2.47. The Hall–Kier alpha value is -2.15. The zero-order chi connectivity index (χ0) is 16.9. The third-order valence-electron chi connectivity index (χ3n) is 5.05. The molecular weight excluding hydrogens is 332 g/mol. The lowest BCUT2D eigenvalue weighted by Crippen LogP contribution is -2.58. The Bertz CT molecular complexity index is 918. The summed E-state index contributed by atoms with van der Waals surface area (Å²) < 4.78 is 6.16. The highest BCUT2D eigenvalue weighted by atomic mass is 32.1. The van der Waals surface area contributed by atoms with Crippen LogP contribution >= 0.6 is 11.3 Å². The summed E-state index contributed by atoms with van der Waals surface area (Å²) >= 11 is 1.72. The fraction of sp³-hybridized carbons (Fsp3) is 0.316. The molecule has 0 aliphatic carbocycles. The van der Waals surface area contributed by atoms with E-state index in [2.05, 4.69) is 21.8 Å². The first kappa shape index (κ1) is 15.1. The van der Waals surface area contributed by atoms with Crippen molar-refractivity contribution in [3.8, 4) is 11.4 Å². The van der Waals surface area contributed by atoms with E-state index in [4.69, 9.17) is 9.72 Å². The minimum Gasteiger partial charge on any atom is -0.361 e. The highest BCUT2D eigenvalue weighted by Gasteiger charge is 2.50. The summed E-state index contributed by atoms with van der Waals surface area (Å²) in [5.74, 6) is 0.775. The summed E-state index contributed by atoms with van der Waals surface area (Å²) in [4.78, 5) is 17.4. The van der Waals surface area contributed by atoms with Gasteiger partial charge < -0.3 is 4.74 Å². The molecule has 0 saturated carbocycles. The van der Waals surface area contributed by atoms with Crippen molar-refractivity contribution in [2.75, 3.05) is 13.1 Å². The maximum absolute atomic E-state index is 6.16. The van der Waals surface area contributed by atoms with Crippen LogP contribution in [-0.2, 0) is 23.5 Å². The van der Waals surface area contributed by atoms with Crippen molar-refractivity contribution < 1.29 is 4.74 Å². The van der Waals surface area contributed by atoms with Crippen LogP contribution in [0.5, 0.6) is 0 Å². The minimum atomic E-state index is -0.219. The maximum Gasteiger partial charge on any atom is 0.159 e. The van der Waals surface area contributed by atoms with Gasteiger partial charge in [-0.05, 0) is 6.92 Å². The van der Waals surface area contributed by atoms with Crippen LogP contribution in [-0.4, -0.2) is 32.9 Å². The second-order valence-corrected chi connectivity index (χ2v) is 7.65. The van der Waals surface area contributed by atoms with Crippen molar-refractivity contribution in [2.45, 2.75) is 25.7 Å². The molecule has 1 saturated heterocycles. The van der Waals surface area contributed by atoms with Gasteiger partial charge in [0, 0.05) is 41.8 Å². The SMILES string of the molecule is Cc1ncsc1CN1CC2(C1)OCc1nc(-c3ccccc3)ncc12. The van der Waals surface area contributed by atoms with Crippen molar-refractivity contribution in [3.05, 3.63) is 63.9 Å². The Labute approximate surface area is 150 Å². The van der Waals surface area contributed by atoms with E-state index in [0.717, 1.165) is 48.0 Å². The minimum absolute atomic E-state index is 0.219. The summed E-state index contributed by atoms with van der Waals surface area (Å²) in [5.41, 5.74) is 6.06. The van der Waals surface area contributed by atoms with Crippen LogP contribution in [0.2, 0.25) is 0 Å². The standard InChI is InChI=1S/C19H18N4OS/c1-13-17(25-12-21-13)8-23-10-19(11-23)15-7-20-18(22-16(15)9-24-19)14-5-3-2-4-6-14/h2-7,12H,8-11H2,1H3. The van der Waals surface area contributed by atoms with Crippen LogP contribution in [0.4, 0.5) is 0 Å². The third kappa shape index (κ3) is 2.49. The van der Waals surface area contributed by atoms with Gasteiger partial charge in [0.1, 0.15) is 5.60 Å². The van der Waals surface area contributed by atoms with Gasteiger partial charge in [-0.25, -0.2) is 15.0 Å². The number of aryl methyl sites for hydroxylation is 1. The first-order valence-corrected chi connectivity index (χ1v) is 9.29. The molecule has 2 aromatic heterocycles. The predicted octanol–water partition coefficient (Wildman–Crippen LogP) is 3.15. The van der Waals surface area contributed by atoms with Gasteiger partial charge in [0.25, 0.3) is 0 Å². The number of aromatic nitrogens is 3. The fourth-order valence-corrected chi connectivity index (χ4v) is 4.47. The quantitative estimate of drug-likeness (QED) is 0.726. The van der Waals surface area contributed by atoms with Gasteiger partial charge in [0.05, 0.1) is 23.5 Å². The Morgan fingerprint density at radius 1 is 1.20 bits per heavy atom. The van der Waals surface area contributed by atoms with E-state index in [1.807, 2.05) is 42.0 Å². The molecule has 0 bridgehead atoms. The van der Waals surface area contributed by atoms with Gasteiger partial charge in [-0.2, -0.15) is 0 Å². The number of nitrogens with zero attached hydrogens (tertiary/aromatic N) is 4. The van der Waals surface area contributed by atoms with Crippen LogP contribution in [0.3, 0.4) is 0 Å². The Kier molecular flexibility index (Phi) is 3.45. The second kappa shape index (κ2) is 5.69. The summed E-state index contributed by atoms with van der Waals surface area (Å²) in [6, 6.07) is 10.1. The molecule has 0 N–H and O–H groups in total. The average Bonchev–Trinajstić information content (AvgIpc) is 3.19. The number of hydrogen-bond donors (Lipinski definition) is 0. The van der Waals surface area contributed by atoms with Gasteiger partial charge >= 0.3 is 0 Å². The molecule has 1 aromatic carbocycles. The van der Waals surface area contributed by atoms with Gasteiger partial charge in [-0.15, -0.1) is 11.3 Å². The van der Waals surface area contributed by atoms with E-state index in [1.54, 1.807) is 11.3 Å². The van der Waals surface area contributed by atoms with E-state index < -0.39 is 0 Å². The van der Waals surface area contributed by atoms with Gasteiger partial charge in [0.2, 0.25) is 0 Å². The predicted molar refractivity (Wildman–Crippen MR) is 96.1 cm³/mol. The lowest BCUT2D eigenvalue weighted by atomic mass is 9.87. The number of thiazole rings is 1. The van der Waals surface area contributed by atoms with Crippen molar-refractivity contribution in [2.24, 2.45) is 0 Å². The highest BCUT2D eigenvalue weighted by Crippen LogP contribution is 2.43. The molecule has 126 valence electrons. The molecule has 4 heterocycles. The lowest BCUT2D eigenvalue weighted by molar-refractivity contribution is -0.144. The van der Waals surface area contributed by atoms with Crippen molar-refractivity contribution in [1.29, 1.82) is 0 Å². The second-order valence-electron chi connectivity index (χ2n) is 6.71. The molecule has 2 aliphatic heterocycles. The molecule has 25 heavy (non-hydrogen) atoms. The van der Waals surface area contributed by atoms with Crippen molar-refractivity contribution in [3.63, 3.8) is 0 Å². The fourth-order valence-electron chi connectivity index (χ4n) is 3.65. The topological polar surface area (TPSA) is 51.1 Å². The van der Waals surface area contributed by atoms with Gasteiger partial charge in [-0.1, -0.05) is 30.3 Å². The first-order chi connectivity index (χ1) is 12.2. The van der Waals surface area contributed by atoms with Crippen molar-refractivity contribution >= 4 is 11.3 Å². The largest absolute Gasteiger partial charge is 0.361 e. The number of likely N-dealkylation sites (tertiary alicyclic amines) is 1. The summed E-state index contributed by atoms with van der Waals surface area (Å²) in [6.07, 6.45) is 1.97. The smallest absolute Gasteiger partial charge is 0.159 e. The molecule has 1 spiro atoms. The molecular formula is C19H18N4OS. The number of fused-ring (bicyclic) bond motifs is 2. The zero-order valence-electron chi connectivity index (χ0n) is 14.0. The molecule has 5 rings (SSSR count). The highest BCUT2D eigenvalue weighted by molar-refractivity contribution is 7.09. The molecule has 1 fully saturated rings. The molecule has 3 aromatic rings. The van der Waals surface area contributed by atoms with Crippen LogP contribution in [0.1, 0.15) is 21.8 Å². The first-order valence-electron chi connectivity index (χ1n) is 8.41. The van der Waals surface area contributed by atoms with Crippen LogP contribution in [0.25, 0.3) is 11.4 Å². The molecule has 6 heteroatoms. The van der Waals surface area contributed by atoms with E-state index in [0.29, 0.717) is 6.61 Å². The van der Waals surface area contributed by atoms with Crippen molar-refractivity contribution in [1.82, 2.24) is 19.9 Å². The van der Waals surface area contributed by atoms with Crippen LogP contribution in [0.15, 0.2) is 42.0 Å². The molecule has 0 amide bonds. The summed E-state index contributed by atoms with van der Waals surface area (Å²) in [6.45, 7) is 5.38. The van der Waals surface area contributed by atoms with E-state index >= 15 is 0 Å². The van der Waals surface area contributed by atoms with Crippen LogP contribution < -0.4 is 0 Å². The number of benzene rings is 1. The maximum atomic E-state index is 6.16. The monoisotopic (exact) mass is 350 g/mol. The van der Waals surface area contributed by atoms with Crippen LogP contribution in [0, 0.1) is 6.92 Å². The molecule has 2 aliphatic rings. The van der Waals surface area contributed by atoms with Gasteiger partial charge in [0.15, 0.2) is 5.82 Å². The molecule has 0 atom stereocenters. The normalized spacial score (nSPS) is 18.3. The Morgan fingerprint density at radius 3 is 2.80 bits per heavy atom. The van der Waals surface area contributed by atoms with Gasteiger partial charge in [-0.3, -0.25) is 4.90 Å². The van der Waals surface area contributed by atoms with E-state index in [9.17, 15) is 0 Å². The molecule has 0 unspecified atom stereocenters. The zero-order valence-corrected chi connectivity index (χ0v) is 14.8. The number of rotatable bonds is 3. The average molecular weight is 350 g/mol. The van der Waals surface area contributed by atoms with E-state index in [1.165, 1.54) is 4.88 Å². The Morgan fingerprint density at radius 2 is 2.04 bits per heavy atom. The number of hydrogen-bond acceptors (Lipinski definition) is 6. The third-order valence-corrected chi connectivity index (χ3v) is 5.97. The molecule has 0 radical (unpaired) electrons. The molecule has 5 nitrogen and oxygen atoms in total. The van der Waals surface area contributed by atoms with E-state index in [-0.39, 0.29) is 5.60 Å². The Balaban J connectivity index is 1.35. The summed E-state index contributed by atoms with van der Waals surface area (Å²) in [7, 11) is 0.